The Morgan fingerprint density at radius 2 is 2.47 bits per heavy atom. The molecule has 0 aliphatic rings. The fourth-order valence-corrected chi connectivity index (χ4v) is 1.65. The first kappa shape index (κ1) is 11.9. The van der Waals surface area contributed by atoms with Gasteiger partial charge in [-0.1, -0.05) is 18.3 Å². The van der Waals surface area contributed by atoms with Crippen LogP contribution < -0.4 is 5.32 Å². The molecule has 0 saturated carbocycles. The number of thiazole rings is 1. The van der Waals surface area contributed by atoms with Gasteiger partial charge in [0.1, 0.15) is 4.88 Å². The van der Waals surface area contributed by atoms with Gasteiger partial charge in [-0.25, -0.2) is 9.78 Å². The molecule has 5 nitrogen and oxygen atoms in total. The molecule has 1 aromatic rings. The molecular weight excluding hydrogens is 214 g/mol. The quantitative estimate of drug-likeness (QED) is 0.767. The first-order valence-corrected chi connectivity index (χ1v) is 5.56. The summed E-state index contributed by atoms with van der Waals surface area (Å²) in [4.78, 5) is 17.0. The second kappa shape index (κ2) is 5.67. The minimum absolute atomic E-state index is 0.265. The highest BCUT2D eigenvalue weighted by Crippen LogP contribution is 2.17. The van der Waals surface area contributed by atoms with Crippen molar-refractivity contribution in [2.24, 2.45) is 0 Å². The molecule has 15 heavy (non-hydrogen) atoms. The smallest absolute Gasteiger partial charge is 0.347 e. The Bertz CT molecular complexity index is 327. The van der Waals surface area contributed by atoms with E-state index in [0.29, 0.717) is 5.13 Å². The summed E-state index contributed by atoms with van der Waals surface area (Å²) in [5.41, 5.74) is 0. The lowest BCUT2D eigenvalue weighted by Crippen LogP contribution is -2.24. The topological polar surface area (TPSA) is 65.5 Å². The molecule has 0 aliphatic carbocycles. The zero-order valence-corrected chi connectivity index (χ0v) is 9.67. The van der Waals surface area contributed by atoms with Gasteiger partial charge in [0.05, 0.1) is 6.20 Å². The zero-order chi connectivity index (χ0) is 11.3. The van der Waals surface area contributed by atoms with Crippen LogP contribution in [0.4, 0.5) is 5.13 Å². The van der Waals surface area contributed by atoms with E-state index in [0.717, 1.165) is 31.0 Å². The molecule has 0 fully saturated rings. The number of likely N-dealkylation sites (N-methyl/N-ethyl adjacent to an activating group) is 1. The van der Waals surface area contributed by atoms with Crippen LogP contribution in [0.25, 0.3) is 0 Å². The highest BCUT2D eigenvalue weighted by Gasteiger charge is 2.07. The van der Waals surface area contributed by atoms with E-state index in [9.17, 15) is 4.79 Å². The van der Waals surface area contributed by atoms with Gasteiger partial charge in [-0.2, -0.15) is 0 Å². The third-order valence-corrected chi connectivity index (χ3v) is 2.97. The highest BCUT2D eigenvalue weighted by molar-refractivity contribution is 7.17. The molecule has 84 valence electrons. The number of nitrogens with zero attached hydrogens (tertiary/aromatic N) is 2. The second-order valence-corrected chi connectivity index (χ2v) is 4.19. The fraction of sp³-hybridized carbons (Fsp3) is 0.556. The van der Waals surface area contributed by atoms with Crippen molar-refractivity contribution in [3.63, 3.8) is 0 Å². The number of carbonyl (C=O) groups is 1. The largest absolute Gasteiger partial charge is 0.477 e. The van der Waals surface area contributed by atoms with Crippen LogP contribution in [0.3, 0.4) is 0 Å². The number of rotatable bonds is 6. The minimum Gasteiger partial charge on any atom is -0.477 e. The van der Waals surface area contributed by atoms with Crippen LogP contribution >= 0.6 is 11.3 Å². The highest BCUT2D eigenvalue weighted by atomic mass is 32.1. The average molecular weight is 229 g/mol. The summed E-state index contributed by atoms with van der Waals surface area (Å²) in [6, 6.07) is 0. The Morgan fingerprint density at radius 1 is 1.73 bits per heavy atom. The number of nitrogens with one attached hydrogen (secondary N) is 1. The molecule has 6 heteroatoms. The summed E-state index contributed by atoms with van der Waals surface area (Å²) in [5, 5.41) is 12.4. The summed E-state index contributed by atoms with van der Waals surface area (Å²) in [5.74, 6) is -0.925. The van der Waals surface area contributed by atoms with Crippen molar-refractivity contribution in [3.05, 3.63) is 11.1 Å². The van der Waals surface area contributed by atoms with Gasteiger partial charge >= 0.3 is 5.97 Å². The predicted octanol–water partition coefficient (Wildman–Crippen LogP) is 1.20. The van der Waals surface area contributed by atoms with Gasteiger partial charge in [-0.15, -0.1) is 0 Å². The molecule has 0 spiro atoms. The standard InChI is InChI=1S/C9H15N3O2S/c1-3-12(2)5-4-10-9-11-6-7(15-9)8(13)14/h6H,3-5H2,1-2H3,(H,10,11)(H,13,14). The van der Waals surface area contributed by atoms with Crippen molar-refractivity contribution in [1.29, 1.82) is 0 Å². The Hall–Kier alpha value is -1.14. The first-order valence-electron chi connectivity index (χ1n) is 4.75. The van der Waals surface area contributed by atoms with E-state index in [-0.39, 0.29) is 4.88 Å². The molecule has 0 saturated heterocycles. The number of carboxylic acids is 1. The normalized spacial score (nSPS) is 10.6. The molecule has 1 rings (SSSR count). The zero-order valence-electron chi connectivity index (χ0n) is 8.86. The Morgan fingerprint density at radius 3 is 3.00 bits per heavy atom. The van der Waals surface area contributed by atoms with Crippen LogP contribution in [0, 0.1) is 0 Å². The van der Waals surface area contributed by atoms with E-state index >= 15 is 0 Å². The van der Waals surface area contributed by atoms with E-state index in [2.05, 4.69) is 22.1 Å². The Kier molecular flexibility index (Phi) is 4.51. The van der Waals surface area contributed by atoms with Gasteiger partial charge in [-0.05, 0) is 13.6 Å². The summed E-state index contributed by atoms with van der Waals surface area (Å²) in [7, 11) is 2.03. The van der Waals surface area contributed by atoms with Gasteiger partial charge in [0, 0.05) is 13.1 Å². The molecule has 0 unspecified atom stereocenters. The average Bonchev–Trinajstić information content (AvgIpc) is 2.66. The summed E-state index contributed by atoms with van der Waals surface area (Å²) >= 11 is 1.16. The second-order valence-electron chi connectivity index (χ2n) is 3.16. The lowest BCUT2D eigenvalue weighted by atomic mass is 10.5. The van der Waals surface area contributed by atoms with Crippen LogP contribution in [-0.4, -0.2) is 47.6 Å². The number of hydrogen-bond acceptors (Lipinski definition) is 5. The predicted molar refractivity (Wildman–Crippen MR) is 60.7 cm³/mol. The maximum atomic E-state index is 10.6. The van der Waals surface area contributed by atoms with E-state index in [1.54, 1.807) is 0 Å². The van der Waals surface area contributed by atoms with Gasteiger partial charge in [0.25, 0.3) is 0 Å². The van der Waals surface area contributed by atoms with E-state index in [1.807, 2.05) is 7.05 Å². The van der Waals surface area contributed by atoms with Crippen molar-refractivity contribution < 1.29 is 9.90 Å². The number of anilines is 1. The summed E-state index contributed by atoms with van der Waals surface area (Å²) in [6.07, 6.45) is 1.37. The summed E-state index contributed by atoms with van der Waals surface area (Å²) in [6.45, 7) is 4.78. The molecule has 2 N–H and O–H groups in total. The van der Waals surface area contributed by atoms with E-state index < -0.39 is 5.97 Å². The van der Waals surface area contributed by atoms with Gasteiger partial charge in [0.2, 0.25) is 0 Å². The number of aromatic nitrogens is 1. The van der Waals surface area contributed by atoms with Crippen molar-refractivity contribution in [3.8, 4) is 0 Å². The van der Waals surface area contributed by atoms with Gasteiger partial charge in [0.15, 0.2) is 5.13 Å². The minimum atomic E-state index is -0.925. The molecule has 1 aromatic heterocycles. The van der Waals surface area contributed by atoms with Crippen LogP contribution in [0.2, 0.25) is 0 Å². The van der Waals surface area contributed by atoms with Crippen LogP contribution in [0.5, 0.6) is 0 Å². The SMILES string of the molecule is CCN(C)CCNc1ncc(C(=O)O)s1. The summed E-state index contributed by atoms with van der Waals surface area (Å²) < 4.78 is 0. The van der Waals surface area contributed by atoms with Crippen LogP contribution in [-0.2, 0) is 0 Å². The molecular formula is C9H15N3O2S. The lowest BCUT2D eigenvalue weighted by molar-refractivity contribution is 0.0702. The Balaban J connectivity index is 2.35. The van der Waals surface area contributed by atoms with E-state index in [1.165, 1.54) is 6.20 Å². The molecule has 0 atom stereocenters. The van der Waals surface area contributed by atoms with Crippen molar-refractivity contribution in [2.45, 2.75) is 6.92 Å². The third kappa shape index (κ3) is 3.85. The van der Waals surface area contributed by atoms with Crippen molar-refractivity contribution in [1.82, 2.24) is 9.88 Å². The first-order chi connectivity index (χ1) is 7.13. The maximum absolute atomic E-state index is 10.6. The molecule has 0 aromatic carbocycles. The van der Waals surface area contributed by atoms with E-state index in [4.69, 9.17) is 5.11 Å². The van der Waals surface area contributed by atoms with Crippen LogP contribution in [0.15, 0.2) is 6.20 Å². The fourth-order valence-electron chi connectivity index (χ4n) is 0.967. The van der Waals surface area contributed by atoms with Crippen LogP contribution in [0.1, 0.15) is 16.6 Å². The molecule has 0 bridgehead atoms. The number of hydrogen-bond donors (Lipinski definition) is 2. The molecule has 0 aliphatic heterocycles. The monoisotopic (exact) mass is 229 g/mol. The molecule has 1 heterocycles. The van der Waals surface area contributed by atoms with Gasteiger partial charge in [-0.3, -0.25) is 0 Å². The molecule has 0 amide bonds. The number of carboxylic acid groups (broad SMARTS) is 1. The lowest BCUT2D eigenvalue weighted by Gasteiger charge is -2.13. The Labute approximate surface area is 92.7 Å². The number of aromatic carboxylic acids is 1. The maximum Gasteiger partial charge on any atom is 0.347 e. The van der Waals surface area contributed by atoms with Crippen molar-refractivity contribution in [2.75, 3.05) is 32.0 Å². The third-order valence-electron chi connectivity index (χ3n) is 2.03. The van der Waals surface area contributed by atoms with Gasteiger partial charge < -0.3 is 15.3 Å². The van der Waals surface area contributed by atoms with Crippen molar-refractivity contribution >= 4 is 22.4 Å². The molecule has 0 radical (unpaired) electrons.